The standard InChI is InChI=1S/C10H12O4/c1-14-9-6-7(2-4-8(9)11)3-5-10(12)13/h2-5,9,11H,6H2,1H3,(H,12,13)/b5-3+. The van der Waals surface area contributed by atoms with Gasteiger partial charge in [0, 0.05) is 19.6 Å². The largest absolute Gasteiger partial charge is 0.510 e. The third-order valence-electron chi connectivity index (χ3n) is 1.94. The first-order chi connectivity index (χ1) is 6.63. The van der Waals surface area contributed by atoms with Crippen LogP contribution in [0.15, 0.2) is 35.6 Å². The maximum absolute atomic E-state index is 10.2. The van der Waals surface area contributed by atoms with Crippen molar-refractivity contribution >= 4 is 5.97 Å². The van der Waals surface area contributed by atoms with E-state index >= 15 is 0 Å². The molecule has 1 unspecified atom stereocenters. The van der Waals surface area contributed by atoms with Crippen molar-refractivity contribution in [3.05, 3.63) is 35.6 Å². The van der Waals surface area contributed by atoms with Crippen LogP contribution in [0.25, 0.3) is 0 Å². The first-order valence-corrected chi connectivity index (χ1v) is 4.17. The SMILES string of the molecule is COC1CC(/C=C/C(=O)O)=CC=C1O. The lowest BCUT2D eigenvalue weighted by Crippen LogP contribution is -2.16. The van der Waals surface area contributed by atoms with E-state index < -0.39 is 5.97 Å². The van der Waals surface area contributed by atoms with Gasteiger partial charge in [0.2, 0.25) is 0 Å². The lowest BCUT2D eigenvalue weighted by atomic mass is 10.0. The number of allylic oxidation sites excluding steroid dienone is 3. The molecule has 0 heterocycles. The summed E-state index contributed by atoms with van der Waals surface area (Å²) in [6, 6.07) is 0. The van der Waals surface area contributed by atoms with Crippen molar-refractivity contribution in [3.63, 3.8) is 0 Å². The van der Waals surface area contributed by atoms with E-state index in [9.17, 15) is 9.90 Å². The molecule has 0 fully saturated rings. The number of aliphatic hydroxyl groups excluding tert-OH is 1. The molecule has 0 bridgehead atoms. The number of carboxylic acid groups (broad SMARTS) is 1. The summed E-state index contributed by atoms with van der Waals surface area (Å²) in [5.41, 5.74) is 0.817. The zero-order chi connectivity index (χ0) is 10.6. The summed E-state index contributed by atoms with van der Waals surface area (Å²) in [5.74, 6) is -0.821. The highest BCUT2D eigenvalue weighted by atomic mass is 16.5. The third-order valence-corrected chi connectivity index (χ3v) is 1.94. The quantitative estimate of drug-likeness (QED) is 0.670. The monoisotopic (exact) mass is 196 g/mol. The minimum Gasteiger partial charge on any atom is -0.510 e. The highest BCUT2D eigenvalue weighted by Gasteiger charge is 2.16. The van der Waals surface area contributed by atoms with Gasteiger partial charge in [-0.2, -0.15) is 0 Å². The summed E-state index contributed by atoms with van der Waals surface area (Å²) in [6.07, 6.45) is 5.87. The molecule has 0 saturated heterocycles. The Balaban J connectivity index is 2.70. The molecule has 0 amide bonds. The molecule has 0 aliphatic heterocycles. The van der Waals surface area contributed by atoms with Crippen molar-refractivity contribution in [2.45, 2.75) is 12.5 Å². The summed E-state index contributed by atoms with van der Waals surface area (Å²) in [7, 11) is 1.50. The zero-order valence-corrected chi connectivity index (χ0v) is 7.80. The van der Waals surface area contributed by atoms with Crippen LogP contribution in [0.2, 0.25) is 0 Å². The minimum atomic E-state index is -0.987. The van der Waals surface area contributed by atoms with Gasteiger partial charge in [-0.05, 0) is 11.6 Å². The van der Waals surface area contributed by atoms with Gasteiger partial charge in [-0.3, -0.25) is 0 Å². The molecule has 0 radical (unpaired) electrons. The maximum atomic E-state index is 10.2. The molecule has 76 valence electrons. The molecule has 1 aliphatic carbocycles. The molecule has 0 aromatic heterocycles. The van der Waals surface area contributed by atoms with Gasteiger partial charge in [-0.15, -0.1) is 0 Å². The summed E-state index contributed by atoms with van der Waals surface area (Å²) < 4.78 is 5.00. The van der Waals surface area contributed by atoms with Crippen LogP contribution in [0.4, 0.5) is 0 Å². The van der Waals surface area contributed by atoms with E-state index in [1.165, 1.54) is 19.3 Å². The normalized spacial score (nSPS) is 21.9. The molecule has 4 nitrogen and oxygen atoms in total. The van der Waals surface area contributed by atoms with E-state index in [1.807, 2.05) is 0 Å². The average Bonchev–Trinajstić information content (AvgIpc) is 2.16. The van der Waals surface area contributed by atoms with E-state index in [0.29, 0.717) is 6.42 Å². The van der Waals surface area contributed by atoms with Crippen LogP contribution in [0.3, 0.4) is 0 Å². The molecule has 0 aromatic carbocycles. The van der Waals surface area contributed by atoms with Gasteiger partial charge in [0.15, 0.2) is 0 Å². The number of rotatable bonds is 3. The Kier molecular flexibility index (Phi) is 3.48. The van der Waals surface area contributed by atoms with Gasteiger partial charge in [-0.1, -0.05) is 12.2 Å². The smallest absolute Gasteiger partial charge is 0.328 e. The molecule has 0 aromatic rings. The average molecular weight is 196 g/mol. The zero-order valence-electron chi connectivity index (χ0n) is 7.80. The summed E-state index contributed by atoms with van der Waals surface area (Å²) >= 11 is 0. The summed E-state index contributed by atoms with van der Waals surface area (Å²) in [5, 5.41) is 17.7. The lowest BCUT2D eigenvalue weighted by molar-refractivity contribution is -0.131. The predicted octanol–water partition coefficient (Wildman–Crippen LogP) is 1.41. The van der Waals surface area contributed by atoms with Gasteiger partial charge in [0.05, 0.1) is 0 Å². The van der Waals surface area contributed by atoms with Crippen molar-refractivity contribution in [2.75, 3.05) is 7.11 Å². The van der Waals surface area contributed by atoms with E-state index in [1.54, 1.807) is 6.08 Å². The highest BCUT2D eigenvalue weighted by molar-refractivity contribution is 5.80. The van der Waals surface area contributed by atoms with Crippen molar-refractivity contribution in [2.24, 2.45) is 0 Å². The fourth-order valence-electron chi connectivity index (χ4n) is 1.19. The number of hydrogen-bond acceptors (Lipinski definition) is 3. The molecule has 1 aliphatic rings. The van der Waals surface area contributed by atoms with Crippen LogP contribution in [0.5, 0.6) is 0 Å². The molecular weight excluding hydrogens is 184 g/mol. The van der Waals surface area contributed by atoms with Crippen LogP contribution >= 0.6 is 0 Å². The van der Waals surface area contributed by atoms with Gasteiger partial charge >= 0.3 is 5.97 Å². The Hall–Kier alpha value is -1.55. The number of carboxylic acids is 1. The number of aliphatic hydroxyl groups is 1. The molecular formula is C10H12O4. The second-order valence-corrected chi connectivity index (χ2v) is 2.93. The van der Waals surface area contributed by atoms with E-state index in [4.69, 9.17) is 9.84 Å². The van der Waals surface area contributed by atoms with Crippen molar-refractivity contribution in [3.8, 4) is 0 Å². The number of ether oxygens (including phenoxy) is 1. The number of carbonyl (C=O) groups is 1. The Morgan fingerprint density at radius 1 is 1.64 bits per heavy atom. The van der Waals surface area contributed by atoms with Crippen LogP contribution in [0.1, 0.15) is 6.42 Å². The fraction of sp³-hybridized carbons (Fsp3) is 0.300. The van der Waals surface area contributed by atoms with Gasteiger partial charge < -0.3 is 14.9 Å². The Labute approximate surface area is 81.8 Å². The predicted molar refractivity (Wildman–Crippen MR) is 51.0 cm³/mol. The molecule has 0 saturated carbocycles. The van der Waals surface area contributed by atoms with Gasteiger partial charge in [-0.25, -0.2) is 4.79 Å². The topological polar surface area (TPSA) is 66.8 Å². The van der Waals surface area contributed by atoms with E-state index in [-0.39, 0.29) is 11.9 Å². The maximum Gasteiger partial charge on any atom is 0.328 e. The number of aliphatic carboxylic acids is 1. The minimum absolute atomic E-state index is 0.167. The van der Waals surface area contributed by atoms with Crippen LogP contribution in [0, 0.1) is 0 Å². The first kappa shape index (κ1) is 10.5. The van der Waals surface area contributed by atoms with Gasteiger partial charge in [0.25, 0.3) is 0 Å². The highest BCUT2D eigenvalue weighted by Crippen LogP contribution is 2.20. The van der Waals surface area contributed by atoms with Crippen LogP contribution in [-0.4, -0.2) is 29.4 Å². The lowest BCUT2D eigenvalue weighted by Gasteiger charge is -2.18. The van der Waals surface area contributed by atoms with Gasteiger partial charge in [0.1, 0.15) is 11.9 Å². The van der Waals surface area contributed by atoms with Crippen molar-refractivity contribution in [1.82, 2.24) is 0 Å². The van der Waals surface area contributed by atoms with Crippen molar-refractivity contribution < 1.29 is 19.7 Å². The Bertz CT molecular complexity index is 312. The fourth-order valence-corrected chi connectivity index (χ4v) is 1.19. The van der Waals surface area contributed by atoms with E-state index in [0.717, 1.165) is 11.6 Å². The van der Waals surface area contributed by atoms with Crippen molar-refractivity contribution in [1.29, 1.82) is 0 Å². The molecule has 1 atom stereocenters. The Morgan fingerprint density at radius 3 is 2.93 bits per heavy atom. The molecule has 2 N–H and O–H groups in total. The molecule has 1 rings (SSSR count). The van der Waals surface area contributed by atoms with E-state index in [2.05, 4.69) is 0 Å². The summed E-state index contributed by atoms with van der Waals surface area (Å²) in [6.45, 7) is 0. The second-order valence-electron chi connectivity index (χ2n) is 2.93. The second kappa shape index (κ2) is 4.62. The van der Waals surface area contributed by atoms with Crippen LogP contribution in [-0.2, 0) is 9.53 Å². The summed E-state index contributed by atoms with van der Waals surface area (Å²) in [4.78, 5) is 10.2. The third kappa shape index (κ3) is 2.74. The first-order valence-electron chi connectivity index (χ1n) is 4.17. The molecule has 14 heavy (non-hydrogen) atoms. The molecule has 4 heteroatoms. The number of methoxy groups -OCH3 is 1. The van der Waals surface area contributed by atoms with Crippen LogP contribution < -0.4 is 0 Å². The Morgan fingerprint density at radius 2 is 2.36 bits per heavy atom. The number of hydrogen-bond donors (Lipinski definition) is 2. The molecule has 0 spiro atoms.